The molecule has 0 aliphatic carbocycles. The van der Waals surface area contributed by atoms with Gasteiger partial charge in [0.05, 0.1) is 0 Å². The lowest BCUT2D eigenvalue weighted by Gasteiger charge is -2.09. The second-order valence-electron chi connectivity index (χ2n) is 4.20. The van der Waals surface area contributed by atoms with Gasteiger partial charge in [0.2, 0.25) is 0 Å². The number of ether oxygens (including phenoxy) is 2. The smallest absolute Gasteiger partial charge is 0.123 e. The van der Waals surface area contributed by atoms with Crippen LogP contribution in [0.4, 0.5) is 0 Å². The molecule has 0 saturated heterocycles. The molecule has 2 aromatic carbocycles. The van der Waals surface area contributed by atoms with Gasteiger partial charge in [0.1, 0.15) is 24.7 Å². The summed E-state index contributed by atoms with van der Waals surface area (Å²) in [5.74, 6) is 1.66. The predicted octanol–water partition coefficient (Wildman–Crippen LogP) is 2.86. The second-order valence-corrected chi connectivity index (χ2v) is 4.20. The van der Waals surface area contributed by atoms with Crippen molar-refractivity contribution in [1.82, 2.24) is 5.32 Å². The molecule has 3 nitrogen and oxygen atoms in total. The van der Waals surface area contributed by atoms with E-state index in [0.29, 0.717) is 13.2 Å². The zero-order valence-electron chi connectivity index (χ0n) is 11.1. The van der Waals surface area contributed by atoms with Crippen LogP contribution >= 0.6 is 0 Å². The van der Waals surface area contributed by atoms with E-state index >= 15 is 0 Å². The van der Waals surface area contributed by atoms with Crippen molar-refractivity contribution in [2.45, 2.75) is 6.61 Å². The molecule has 0 spiro atoms. The minimum absolute atomic E-state index is 0.570. The molecule has 1 N–H and O–H groups in total. The Hall–Kier alpha value is -2.00. The number of nitrogens with one attached hydrogen (secondary N) is 1. The summed E-state index contributed by atoms with van der Waals surface area (Å²) in [5, 5.41) is 3.04. The van der Waals surface area contributed by atoms with E-state index in [9.17, 15) is 0 Å². The minimum atomic E-state index is 0.570. The van der Waals surface area contributed by atoms with Crippen LogP contribution in [0.25, 0.3) is 0 Å². The van der Waals surface area contributed by atoms with Crippen molar-refractivity contribution in [3.8, 4) is 11.5 Å². The van der Waals surface area contributed by atoms with Crippen LogP contribution in [-0.2, 0) is 6.61 Å². The zero-order chi connectivity index (χ0) is 13.3. The van der Waals surface area contributed by atoms with Crippen LogP contribution in [0.5, 0.6) is 11.5 Å². The molecule has 2 aromatic rings. The lowest BCUT2D eigenvalue weighted by molar-refractivity contribution is 0.295. The third-order valence-electron chi connectivity index (χ3n) is 2.67. The van der Waals surface area contributed by atoms with Crippen molar-refractivity contribution >= 4 is 0 Å². The molecule has 0 fully saturated rings. The molecule has 0 saturated carbocycles. The average Bonchev–Trinajstić information content (AvgIpc) is 2.47. The number of hydrogen-bond acceptors (Lipinski definition) is 3. The Morgan fingerprint density at radius 3 is 2.37 bits per heavy atom. The number of benzene rings is 2. The molecule has 0 amide bonds. The highest BCUT2D eigenvalue weighted by Crippen LogP contribution is 2.20. The van der Waals surface area contributed by atoms with E-state index in [4.69, 9.17) is 9.47 Å². The van der Waals surface area contributed by atoms with Gasteiger partial charge in [-0.05, 0) is 24.7 Å². The first-order valence-electron chi connectivity index (χ1n) is 6.42. The zero-order valence-corrected chi connectivity index (χ0v) is 11.1. The van der Waals surface area contributed by atoms with E-state index in [2.05, 4.69) is 5.32 Å². The molecule has 3 heteroatoms. The minimum Gasteiger partial charge on any atom is -0.492 e. The quantitative estimate of drug-likeness (QED) is 0.774. The van der Waals surface area contributed by atoms with Gasteiger partial charge in [0.25, 0.3) is 0 Å². The maximum absolute atomic E-state index is 5.74. The Morgan fingerprint density at radius 1 is 0.895 bits per heavy atom. The van der Waals surface area contributed by atoms with Gasteiger partial charge in [-0.3, -0.25) is 0 Å². The predicted molar refractivity (Wildman–Crippen MR) is 76.6 cm³/mol. The van der Waals surface area contributed by atoms with E-state index in [1.807, 2.05) is 61.6 Å². The Kier molecular flexibility index (Phi) is 5.26. The first-order valence-corrected chi connectivity index (χ1v) is 6.42. The SMILES string of the molecule is CNCCOc1cccc(OCc2ccccc2)c1. The molecule has 100 valence electrons. The van der Waals surface area contributed by atoms with Gasteiger partial charge < -0.3 is 14.8 Å². The van der Waals surface area contributed by atoms with Crippen LogP contribution in [-0.4, -0.2) is 20.2 Å². The van der Waals surface area contributed by atoms with Crippen molar-refractivity contribution in [1.29, 1.82) is 0 Å². The number of rotatable bonds is 7. The van der Waals surface area contributed by atoms with E-state index < -0.39 is 0 Å². The molecule has 0 aliphatic rings. The molecule has 0 aromatic heterocycles. The molecule has 0 aliphatic heterocycles. The molecular formula is C16H19NO2. The van der Waals surface area contributed by atoms with Gasteiger partial charge in [-0.2, -0.15) is 0 Å². The molecular weight excluding hydrogens is 238 g/mol. The van der Waals surface area contributed by atoms with Crippen LogP contribution in [0.15, 0.2) is 54.6 Å². The fourth-order valence-electron chi connectivity index (χ4n) is 1.67. The van der Waals surface area contributed by atoms with E-state index in [-0.39, 0.29) is 0 Å². The van der Waals surface area contributed by atoms with Crippen LogP contribution in [0.1, 0.15) is 5.56 Å². The highest BCUT2D eigenvalue weighted by Gasteiger charge is 1.98. The Morgan fingerprint density at radius 2 is 1.63 bits per heavy atom. The lowest BCUT2D eigenvalue weighted by Crippen LogP contribution is -2.15. The summed E-state index contributed by atoms with van der Waals surface area (Å²) >= 11 is 0. The standard InChI is InChI=1S/C16H19NO2/c1-17-10-11-18-15-8-5-9-16(12-15)19-13-14-6-3-2-4-7-14/h2-9,12,17H,10-11,13H2,1H3. The monoisotopic (exact) mass is 257 g/mol. The van der Waals surface area contributed by atoms with Crippen LogP contribution in [0.2, 0.25) is 0 Å². The maximum Gasteiger partial charge on any atom is 0.123 e. The largest absolute Gasteiger partial charge is 0.492 e. The Balaban J connectivity index is 1.88. The van der Waals surface area contributed by atoms with E-state index in [1.54, 1.807) is 0 Å². The molecule has 0 unspecified atom stereocenters. The molecule has 0 atom stereocenters. The maximum atomic E-state index is 5.74. The topological polar surface area (TPSA) is 30.5 Å². The summed E-state index contributed by atoms with van der Waals surface area (Å²) in [4.78, 5) is 0. The Labute approximate surface area is 114 Å². The first kappa shape index (κ1) is 13.4. The lowest BCUT2D eigenvalue weighted by atomic mass is 10.2. The van der Waals surface area contributed by atoms with Crippen LogP contribution in [0, 0.1) is 0 Å². The van der Waals surface area contributed by atoms with Gasteiger partial charge >= 0.3 is 0 Å². The summed E-state index contributed by atoms with van der Waals surface area (Å²) in [6.07, 6.45) is 0. The van der Waals surface area contributed by atoms with Crippen molar-refractivity contribution in [2.24, 2.45) is 0 Å². The highest BCUT2D eigenvalue weighted by molar-refractivity contribution is 5.33. The third-order valence-corrected chi connectivity index (χ3v) is 2.67. The second kappa shape index (κ2) is 7.44. The van der Waals surface area contributed by atoms with E-state index in [0.717, 1.165) is 23.6 Å². The highest BCUT2D eigenvalue weighted by atomic mass is 16.5. The van der Waals surface area contributed by atoms with Crippen LogP contribution in [0.3, 0.4) is 0 Å². The molecule has 2 rings (SSSR count). The van der Waals surface area contributed by atoms with Gasteiger partial charge in [0, 0.05) is 12.6 Å². The van der Waals surface area contributed by atoms with Crippen LogP contribution < -0.4 is 14.8 Å². The molecule has 0 bridgehead atoms. The first-order chi connectivity index (χ1) is 9.38. The summed E-state index contributed by atoms with van der Waals surface area (Å²) < 4.78 is 11.3. The molecule has 19 heavy (non-hydrogen) atoms. The Bertz CT molecular complexity index is 485. The van der Waals surface area contributed by atoms with E-state index in [1.165, 1.54) is 0 Å². The fourth-order valence-corrected chi connectivity index (χ4v) is 1.67. The summed E-state index contributed by atoms with van der Waals surface area (Å²) in [6, 6.07) is 17.8. The van der Waals surface area contributed by atoms with Gasteiger partial charge in [0.15, 0.2) is 0 Å². The van der Waals surface area contributed by atoms with Crippen molar-refractivity contribution in [3.63, 3.8) is 0 Å². The van der Waals surface area contributed by atoms with Gasteiger partial charge in [-0.25, -0.2) is 0 Å². The van der Waals surface area contributed by atoms with Gasteiger partial charge in [-0.15, -0.1) is 0 Å². The molecule has 0 heterocycles. The summed E-state index contributed by atoms with van der Waals surface area (Å²) in [7, 11) is 1.91. The normalized spacial score (nSPS) is 10.2. The molecule has 0 radical (unpaired) electrons. The van der Waals surface area contributed by atoms with Gasteiger partial charge in [-0.1, -0.05) is 36.4 Å². The fraction of sp³-hybridized carbons (Fsp3) is 0.250. The summed E-state index contributed by atoms with van der Waals surface area (Å²) in [5.41, 5.74) is 1.16. The van der Waals surface area contributed by atoms with Crippen molar-refractivity contribution in [3.05, 3.63) is 60.2 Å². The van der Waals surface area contributed by atoms with Crippen molar-refractivity contribution in [2.75, 3.05) is 20.2 Å². The summed E-state index contributed by atoms with van der Waals surface area (Å²) in [6.45, 7) is 2.05. The third kappa shape index (κ3) is 4.64. The average molecular weight is 257 g/mol. The van der Waals surface area contributed by atoms with Crippen molar-refractivity contribution < 1.29 is 9.47 Å². The number of likely N-dealkylation sites (N-methyl/N-ethyl adjacent to an activating group) is 1. The number of hydrogen-bond donors (Lipinski definition) is 1.